The second-order valence-electron chi connectivity index (χ2n) is 5.96. The van der Waals surface area contributed by atoms with Crippen LogP contribution in [-0.4, -0.2) is 13.5 Å². The van der Waals surface area contributed by atoms with Gasteiger partial charge in [0.05, 0.1) is 31.3 Å². The summed E-state index contributed by atoms with van der Waals surface area (Å²) in [4.78, 5) is 0.0777. The number of hydrogen-bond donors (Lipinski definition) is 3. The van der Waals surface area contributed by atoms with Crippen LogP contribution in [0, 0.1) is 0 Å². The number of nitrogens with one attached hydrogen (secondary N) is 3. The minimum absolute atomic E-state index is 0.0777. The maximum absolute atomic E-state index is 12.6. The van der Waals surface area contributed by atoms with E-state index in [4.69, 9.17) is 47.0 Å². The van der Waals surface area contributed by atoms with Crippen molar-refractivity contribution < 1.29 is 8.42 Å². The zero-order valence-electron chi connectivity index (χ0n) is 14.9. The lowest BCUT2D eigenvalue weighted by molar-refractivity contribution is 0.601. The van der Waals surface area contributed by atoms with E-state index >= 15 is 0 Å². The van der Waals surface area contributed by atoms with E-state index in [1.807, 2.05) is 6.07 Å². The van der Waals surface area contributed by atoms with Crippen LogP contribution in [0.1, 0.15) is 0 Å². The fraction of sp³-hybridized carbons (Fsp3) is 0. The number of rotatable bonds is 5. The minimum atomic E-state index is -3.80. The molecule has 30 heavy (non-hydrogen) atoms. The maximum atomic E-state index is 12.6. The van der Waals surface area contributed by atoms with Gasteiger partial charge in [0, 0.05) is 10.2 Å². The molecule has 0 aliphatic rings. The largest absolute Gasteiger partial charge is 0.332 e. The van der Waals surface area contributed by atoms with Crippen LogP contribution in [0.5, 0.6) is 0 Å². The Morgan fingerprint density at radius 3 is 2.10 bits per heavy atom. The Morgan fingerprint density at radius 2 is 1.47 bits per heavy atom. The molecular formula is C19H13BrCl3N3O2S2. The van der Waals surface area contributed by atoms with Crippen molar-refractivity contribution in [3.8, 4) is 0 Å². The summed E-state index contributed by atoms with van der Waals surface area (Å²) in [5.74, 6) is 0. The second kappa shape index (κ2) is 9.72. The zero-order valence-corrected chi connectivity index (χ0v) is 20.4. The molecule has 0 radical (unpaired) electrons. The molecule has 3 rings (SSSR count). The maximum Gasteiger partial charge on any atom is 0.261 e. The molecule has 0 bridgehead atoms. The highest BCUT2D eigenvalue weighted by Crippen LogP contribution is 2.27. The van der Waals surface area contributed by atoms with Crippen molar-refractivity contribution in [3.63, 3.8) is 0 Å². The van der Waals surface area contributed by atoms with Gasteiger partial charge in [-0.15, -0.1) is 0 Å². The van der Waals surface area contributed by atoms with E-state index in [1.54, 1.807) is 24.3 Å². The summed E-state index contributed by atoms with van der Waals surface area (Å²) in [6.07, 6.45) is 0. The van der Waals surface area contributed by atoms with E-state index in [-0.39, 0.29) is 9.92 Å². The van der Waals surface area contributed by atoms with Gasteiger partial charge in [-0.05, 0) is 72.9 Å². The molecule has 5 nitrogen and oxygen atoms in total. The van der Waals surface area contributed by atoms with Crippen molar-refractivity contribution >= 4 is 95.1 Å². The lowest BCUT2D eigenvalue weighted by atomic mass is 10.3. The highest BCUT2D eigenvalue weighted by Gasteiger charge is 2.15. The van der Waals surface area contributed by atoms with Crippen LogP contribution < -0.4 is 15.4 Å². The van der Waals surface area contributed by atoms with Crippen molar-refractivity contribution in [3.05, 3.63) is 80.2 Å². The lowest BCUT2D eigenvalue weighted by Gasteiger charge is -2.13. The van der Waals surface area contributed by atoms with E-state index in [9.17, 15) is 8.42 Å². The van der Waals surface area contributed by atoms with Crippen LogP contribution in [0.3, 0.4) is 0 Å². The van der Waals surface area contributed by atoms with Crippen LogP contribution in [0.2, 0.25) is 15.1 Å². The second-order valence-corrected chi connectivity index (χ2v) is 10.2. The van der Waals surface area contributed by atoms with Gasteiger partial charge in [-0.1, -0.05) is 50.7 Å². The normalized spacial score (nSPS) is 11.1. The molecule has 0 saturated carbocycles. The monoisotopic (exact) mass is 563 g/mol. The van der Waals surface area contributed by atoms with E-state index < -0.39 is 10.0 Å². The Kier molecular flexibility index (Phi) is 7.49. The summed E-state index contributed by atoms with van der Waals surface area (Å²) >= 11 is 26.6. The summed E-state index contributed by atoms with van der Waals surface area (Å²) in [7, 11) is -3.80. The molecule has 3 N–H and O–H groups in total. The fourth-order valence-electron chi connectivity index (χ4n) is 2.37. The molecule has 3 aromatic carbocycles. The molecule has 0 unspecified atom stereocenters. The average Bonchev–Trinajstić information content (AvgIpc) is 2.67. The third kappa shape index (κ3) is 6.00. The molecule has 0 heterocycles. The first kappa shape index (κ1) is 23.1. The standard InChI is InChI=1S/C19H13BrCl3N3O2S2/c20-11-1-8-18(17(23)9-11)25-19(29)24-12-2-5-14(6-3-12)30(27,28)26-13-4-7-15(21)16(22)10-13/h1-10,26H,(H2,24,25,29). The Bertz CT molecular complexity index is 1210. The van der Waals surface area contributed by atoms with Crippen LogP contribution >= 0.6 is 63.0 Å². The summed E-state index contributed by atoms with van der Waals surface area (Å²) in [5, 5.41) is 7.37. The van der Waals surface area contributed by atoms with Crippen LogP contribution in [0.4, 0.5) is 17.1 Å². The van der Waals surface area contributed by atoms with Crippen LogP contribution in [0.25, 0.3) is 0 Å². The highest BCUT2D eigenvalue weighted by atomic mass is 79.9. The molecule has 156 valence electrons. The predicted octanol–water partition coefficient (Wildman–Crippen LogP) is 7.02. The average molecular weight is 566 g/mol. The third-order valence-corrected chi connectivity index (χ3v) is 6.92. The first-order valence-corrected chi connectivity index (χ1v) is 12.1. The lowest BCUT2D eigenvalue weighted by Crippen LogP contribution is -2.19. The van der Waals surface area contributed by atoms with Crippen molar-refractivity contribution in [2.45, 2.75) is 4.90 Å². The van der Waals surface area contributed by atoms with Gasteiger partial charge >= 0.3 is 0 Å². The number of sulfonamides is 1. The fourth-order valence-corrected chi connectivity index (χ4v) is 4.66. The first-order chi connectivity index (χ1) is 14.1. The molecule has 0 fully saturated rings. The number of halogens is 4. The Balaban J connectivity index is 1.67. The predicted molar refractivity (Wildman–Crippen MR) is 133 cm³/mol. The quantitative estimate of drug-likeness (QED) is 0.290. The number of hydrogen-bond acceptors (Lipinski definition) is 3. The van der Waals surface area contributed by atoms with E-state index in [2.05, 4.69) is 31.3 Å². The van der Waals surface area contributed by atoms with Gasteiger partial charge in [-0.25, -0.2) is 8.42 Å². The highest BCUT2D eigenvalue weighted by molar-refractivity contribution is 9.10. The zero-order chi connectivity index (χ0) is 21.9. The smallest absolute Gasteiger partial charge is 0.261 e. The molecule has 0 atom stereocenters. The van der Waals surface area contributed by atoms with Gasteiger partial charge in [0.2, 0.25) is 0 Å². The minimum Gasteiger partial charge on any atom is -0.332 e. The summed E-state index contributed by atoms with van der Waals surface area (Å²) in [5.41, 5.74) is 1.56. The Labute approximate surface area is 202 Å². The summed E-state index contributed by atoms with van der Waals surface area (Å²) in [6.45, 7) is 0. The van der Waals surface area contributed by atoms with Gasteiger partial charge in [0.15, 0.2) is 5.11 Å². The molecule has 0 saturated heterocycles. The SMILES string of the molecule is O=S(=O)(Nc1ccc(Cl)c(Cl)c1)c1ccc(NC(=S)Nc2ccc(Br)cc2Cl)cc1. The third-order valence-electron chi connectivity index (χ3n) is 3.77. The van der Waals surface area contributed by atoms with Crippen molar-refractivity contribution in [1.29, 1.82) is 0 Å². The Morgan fingerprint density at radius 1 is 0.800 bits per heavy atom. The molecule has 0 amide bonds. The van der Waals surface area contributed by atoms with E-state index in [1.165, 1.54) is 30.3 Å². The van der Waals surface area contributed by atoms with Gasteiger partial charge in [-0.2, -0.15) is 0 Å². The van der Waals surface area contributed by atoms with Crippen molar-refractivity contribution in [2.24, 2.45) is 0 Å². The first-order valence-electron chi connectivity index (χ1n) is 8.25. The molecule has 0 aromatic heterocycles. The molecule has 0 aliphatic carbocycles. The van der Waals surface area contributed by atoms with E-state index in [0.717, 1.165) is 4.47 Å². The van der Waals surface area contributed by atoms with Crippen molar-refractivity contribution in [2.75, 3.05) is 15.4 Å². The van der Waals surface area contributed by atoms with Gasteiger partial charge < -0.3 is 10.6 Å². The molecule has 0 aliphatic heterocycles. The van der Waals surface area contributed by atoms with Crippen LogP contribution in [0.15, 0.2) is 70.0 Å². The topological polar surface area (TPSA) is 70.2 Å². The molecule has 3 aromatic rings. The molecule has 11 heteroatoms. The van der Waals surface area contributed by atoms with Gasteiger partial charge in [-0.3, -0.25) is 4.72 Å². The summed E-state index contributed by atoms with van der Waals surface area (Å²) < 4.78 is 28.5. The number of anilines is 3. The van der Waals surface area contributed by atoms with Gasteiger partial charge in [0.1, 0.15) is 0 Å². The Hall–Kier alpha value is -1.55. The molecular weight excluding hydrogens is 553 g/mol. The molecule has 0 spiro atoms. The van der Waals surface area contributed by atoms with Crippen molar-refractivity contribution in [1.82, 2.24) is 0 Å². The number of benzene rings is 3. The number of thiocarbonyl (C=S) groups is 1. The summed E-state index contributed by atoms with van der Waals surface area (Å²) in [6, 6.07) is 15.9. The van der Waals surface area contributed by atoms with Gasteiger partial charge in [0.25, 0.3) is 10.0 Å². The van der Waals surface area contributed by atoms with Crippen LogP contribution in [-0.2, 0) is 10.0 Å². The van der Waals surface area contributed by atoms with E-state index in [0.29, 0.717) is 32.2 Å².